The van der Waals surface area contributed by atoms with Crippen molar-refractivity contribution >= 4 is 17.4 Å². The van der Waals surface area contributed by atoms with Crippen molar-refractivity contribution < 1.29 is 4.79 Å². The van der Waals surface area contributed by atoms with Gasteiger partial charge in [0.1, 0.15) is 5.82 Å². The number of hydrogen-bond acceptors (Lipinski definition) is 4. The third-order valence-electron chi connectivity index (χ3n) is 5.83. The molecule has 160 valence electrons. The second kappa shape index (κ2) is 9.31. The van der Waals surface area contributed by atoms with Crippen molar-refractivity contribution in [3.63, 3.8) is 0 Å². The second-order valence-electron chi connectivity index (χ2n) is 8.41. The van der Waals surface area contributed by atoms with Gasteiger partial charge < -0.3 is 14.7 Å². The van der Waals surface area contributed by atoms with Crippen LogP contribution in [0.1, 0.15) is 27.0 Å². The van der Waals surface area contributed by atoms with E-state index < -0.39 is 0 Å². The summed E-state index contributed by atoms with van der Waals surface area (Å²) in [5, 5.41) is 0. The summed E-state index contributed by atoms with van der Waals surface area (Å²) in [7, 11) is 2.15. The smallest absolute Gasteiger partial charge is 0.258 e. The third-order valence-corrected chi connectivity index (χ3v) is 5.83. The minimum absolute atomic E-state index is 0.00579. The molecule has 5 nitrogen and oxygen atoms in total. The van der Waals surface area contributed by atoms with Crippen molar-refractivity contribution in [1.82, 2.24) is 9.88 Å². The van der Waals surface area contributed by atoms with Gasteiger partial charge in [0.25, 0.3) is 5.91 Å². The Labute approximate surface area is 184 Å². The van der Waals surface area contributed by atoms with E-state index in [9.17, 15) is 4.79 Å². The van der Waals surface area contributed by atoms with Gasteiger partial charge in [-0.1, -0.05) is 35.9 Å². The summed E-state index contributed by atoms with van der Waals surface area (Å²) in [5.74, 6) is 0.998. The number of amides is 1. The molecule has 0 N–H and O–H groups in total. The molecule has 1 aliphatic rings. The van der Waals surface area contributed by atoms with E-state index in [-0.39, 0.29) is 5.91 Å². The van der Waals surface area contributed by atoms with Crippen LogP contribution in [0, 0.1) is 13.8 Å². The number of carbonyl (C=O) groups is 1. The van der Waals surface area contributed by atoms with Crippen molar-refractivity contribution in [3.05, 3.63) is 89.1 Å². The molecule has 0 spiro atoms. The van der Waals surface area contributed by atoms with Crippen LogP contribution in [0.25, 0.3) is 0 Å². The van der Waals surface area contributed by atoms with Crippen LogP contribution in [0.15, 0.2) is 66.9 Å². The van der Waals surface area contributed by atoms with Gasteiger partial charge >= 0.3 is 0 Å². The highest BCUT2D eigenvalue weighted by Crippen LogP contribution is 2.23. The summed E-state index contributed by atoms with van der Waals surface area (Å²) in [4.78, 5) is 24.6. The normalized spacial score (nSPS) is 14.5. The molecule has 0 aliphatic carbocycles. The Balaban J connectivity index is 1.57. The van der Waals surface area contributed by atoms with E-state index >= 15 is 0 Å². The molecule has 2 heterocycles. The van der Waals surface area contributed by atoms with Crippen molar-refractivity contribution in [2.45, 2.75) is 20.4 Å². The van der Waals surface area contributed by atoms with Gasteiger partial charge in [0.2, 0.25) is 0 Å². The van der Waals surface area contributed by atoms with Crippen LogP contribution in [-0.2, 0) is 6.54 Å². The zero-order valence-corrected chi connectivity index (χ0v) is 18.6. The lowest BCUT2D eigenvalue weighted by molar-refractivity contribution is 0.0985. The van der Waals surface area contributed by atoms with Crippen molar-refractivity contribution in [3.8, 4) is 0 Å². The van der Waals surface area contributed by atoms with Gasteiger partial charge in [-0.15, -0.1) is 0 Å². The molecule has 3 aromatic rings. The van der Waals surface area contributed by atoms with E-state index in [4.69, 9.17) is 4.98 Å². The lowest BCUT2D eigenvalue weighted by atomic mass is 10.1. The average molecular weight is 415 g/mol. The molecule has 1 amide bonds. The highest BCUT2D eigenvalue weighted by molar-refractivity contribution is 6.06. The number of hydrogen-bond donors (Lipinski definition) is 0. The zero-order valence-electron chi connectivity index (χ0n) is 18.6. The molecule has 1 aromatic heterocycles. The molecule has 0 atom stereocenters. The molecule has 5 heteroatoms. The highest BCUT2D eigenvalue weighted by atomic mass is 16.2. The number of likely N-dealkylation sites (N-methyl/N-ethyl adjacent to an activating group) is 1. The standard InChI is InChI=1S/C26H30N4O/c1-20-7-10-23(11-8-20)26(31)30(24-6-4-5-21(2)17-24)19-22-9-12-25(27-18-22)29-15-13-28(3)14-16-29/h4-12,17-18H,13-16,19H2,1-3H3. The molecule has 4 rings (SSSR count). The Kier molecular flexibility index (Phi) is 6.33. The van der Waals surface area contributed by atoms with Crippen LogP contribution >= 0.6 is 0 Å². The van der Waals surface area contributed by atoms with Crippen LogP contribution in [0.3, 0.4) is 0 Å². The number of aryl methyl sites for hydroxylation is 2. The van der Waals surface area contributed by atoms with Crippen LogP contribution < -0.4 is 9.80 Å². The predicted molar refractivity (Wildman–Crippen MR) is 127 cm³/mol. The van der Waals surface area contributed by atoms with Gasteiger partial charge in [-0.05, 0) is 62.4 Å². The number of carbonyl (C=O) groups excluding carboxylic acids is 1. The van der Waals surface area contributed by atoms with Gasteiger partial charge in [0, 0.05) is 43.6 Å². The molecule has 0 radical (unpaired) electrons. The Bertz CT molecular complexity index is 1020. The summed E-state index contributed by atoms with van der Waals surface area (Å²) >= 11 is 0. The molecule has 2 aromatic carbocycles. The van der Waals surface area contributed by atoms with E-state index in [0.717, 1.165) is 54.4 Å². The maximum absolute atomic E-state index is 13.4. The quantitative estimate of drug-likeness (QED) is 0.624. The summed E-state index contributed by atoms with van der Waals surface area (Å²) in [6.07, 6.45) is 1.90. The number of rotatable bonds is 5. The molecule has 1 aliphatic heterocycles. The van der Waals surface area contributed by atoms with E-state index in [1.165, 1.54) is 0 Å². The fraction of sp³-hybridized carbons (Fsp3) is 0.308. The van der Waals surface area contributed by atoms with Crippen molar-refractivity contribution in [2.75, 3.05) is 43.0 Å². The predicted octanol–water partition coefficient (Wildman–Crippen LogP) is 4.30. The molecule has 0 saturated carbocycles. The van der Waals surface area contributed by atoms with Gasteiger partial charge in [-0.3, -0.25) is 4.79 Å². The number of anilines is 2. The lowest BCUT2D eigenvalue weighted by Gasteiger charge is -2.33. The van der Waals surface area contributed by atoms with E-state index in [2.05, 4.69) is 35.0 Å². The third kappa shape index (κ3) is 5.12. The number of piperazine rings is 1. The highest BCUT2D eigenvalue weighted by Gasteiger charge is 2.19. The van der Waals surface area contributed by atoms with Gasteiger partial charge in [0.05, 0.1) is 6.54 Å². The summed E-state index contributed by atoms with van der Waals surface area (Å²) in [6, 6.07) is 20.0. The molecule has 0 unspecified atom stereocenters. The number of benzene rings is 2. The monoisotopic (exact) mass is 414 g/mol. The van der Waals surface area contributed by atoms with E-state index in [0.29, 0.717) is 12.1 Å². The van der Waals surface area contributed by atoms with Crippen molar-refractivity contribution in [2.24, 2.45) is 0 Å². The Morgan fingerprint density at radius 3 is 2.32 bits per heavy atom. The summed E-state index contributed by atoms with van der Waals surface area (Å²) in [6.45, 7) is 8.64. The van der Waals surface area contributed by atoms with Gasteiger partial charge in [-0.2, -0.15) is 0 Å². The van der Waals surface area contributed by atoms with Crippen LogP contribution in [0.4, 0.5) is 11.5 Å². The van der Waals surface area contributed by atoms with Crippen LogP contribution in [-0.4, -0.2) is 49.0 Å². The largest absolute Gasteiger partial charge is 0.354 e. The molecular formula is C26H30N4O. The minimum Gasteiger partial charge on any atom is -0.354 e. The first-order valence-electron chi connectivity index (χ1n) is 10.8. The van der Waals surface area contributed by atoms with E-state index in [1.807, 2.05) is 67.4 Å². The molecule has 1 saturated heterocycles. The SMILES string of the molecule is Cc1ccc(C(=O)N(Cc2ccc(N3CCN(C)CC3)nc2)c2cccc(C)c2)cc1. The molecule has 0 bridgehead atoms. The lowest BCUT2D eigenvalue weighted by Crippen LogP contribution is -2.44. The Morgan fingerprint density at radius 2 is 1.68 bits per heavy atom. The molecular weight excluding hydrogens is 384 g/mol. The summed E-state index contributed by atoms with van der Waals surface area (Å²) < 4.78 is 0. The zero-order chi connectivity index (χ0) is 21.8. The van der Waals surface area contributed by atoms with Gasteiger partial charge in [0.15, 0.2) is 0 Å². The fourth-order valence-corrected chi connectivity index (χ4v) is 3.84. The van der Waals surface area contributed by atoms with Crippen LogP contribution in [0.5, 0.6) is 0 Å². The Morgan fingerprint density at radius 1 is 0.935 bits per heavy atom. The first kappa shape index (κ1) is 21.1. The molecule has 1 fully saturated rings. The first-order chi connectivity index (χ1) is 15.0. The maximum atomic E-state index is 13.4. The fourth-order valence-electron chi connectivity index (χ4n) is 3.84. The Hall–Kier alpha value is -3.18. The molecule has 31 heavy (non-hydrogen) atoms. The number of nitrogens with zero attached hydrogens (tertiary/aromatic N) is 4. The first-order valence-corrected chi connectivity index (χ1v) is 10.8. The minimum atomic E-state index is -0.00579. The second-order valence-corrected chi connectivity index (χ2v) is 8.41. The number of pyridine rings is 1. The van der Waals surface area contributed by atoms with E-state index in [1.54, 1.807) is 0 Å². The summed E-state index contributed by atoms with van der Waals surface area (Å²) in [5.41, 5.74) is 4.87. The topological polar surface area (TPSA) is 39.7 Å². The van der Waals surface area contributed by atoms with Gasteiger partial charge in [-0.25, -0.2) is 4.98 Å². The maximum Gasteiger partial charge on any atom is 0.258 e. The average Bonchev–Trinajstić information content (AvgIpc) is 2.78. The van der Waals surface area contributed by atoms with Crippen molar-refractivity contribution in [1.29, 1.82) is 0 Å². The van der Waals surface area contributed by atoms with Crippen LogP contribution in [0.2, 0.25) is 0 Å². The number of aromatic nitrogens is 1.